The molecular weight excluding hydrogens is 622 g/mol. The molecule has 4 aromatic rings. The maximum absolute atomic E-state index is 14.9. The molecule has 246 valence electrons. The zero-order chi connectivity index (χ0) is 33.3. The average Bonchev–Trinajstić information content (AvgIpc) is 3.98. The van der Waals surface area contributed by atoms with Gasteiger partial charge in [-0.1, -0.05) is 0 Å². The summed E-state index contributed by atoms with van der Waals surface area (Å²) in [5.41, 5.74) is -5.30. The number of benzene rings is 2. The van der Waals surface area contributed by atoms with Crippen LogP contribution < -0.4 is 20.1 Å². The Morgan fingerprint density at radius 1 is 1.13 bits per heavy atom. The predicted octanol–water partition coefficient (Wildman–Crippen LogP) is 4.69. The van der Waals surface area contributed by atoms with Crippen molar-refractivity contribution in [3.63, 3.8) is 0 Å². The molecule has 2 atom stereocenters. The van der Waals surface area contributed by atoms with Crippen molar-refractivity contribution in [2.45, 2.75) is 61.9 Å². The lowest BCUT2D eigenvalue weighted by Gasteiger charge is -2.31. The summed E-state index contributed by atoms with van der Waals surface area (Å²) in [5, 5.41) is 21.6. The van der Waals surface area contributed by atoms with Crippen LogP contribution in [0.2, 0.25) is 0 Å². The highest BCUT2D eigenvalue weighted by atomic mass is 19.4. The van der Waals surface area contributed by atoms with Crippen LogP contribution in [0.4, 0.5) is 17.6 Å². The van der Waals surface area contributed by atoms with E-state index in [0.717, 1.165) is 43.9 Å². The molecule has 47 heavy (non-hydrogen) atoms. The molecule has 2 aromatic carbocycles. The number of aliphatic hydroxyl groups is 1. The SMILES string of the molecule is COc1cc(C(=O)NCC(O)(c2cc3c(c(-c4ccc(F)cc4)n2)OC[C@]3(C)C(=O)NC2CC2)C(F)(F)F)cc2cn(C3CC3)nc12. The third kappa shape index (κ3) is 5.43. The fourth-order valence-electron chi connectivity index (χ4n) is 5.74. The van der Waals surface area contributed by atoms with Gasteiger partial charge in [-0.05, 0) is 75.1 Å². The number of alkyl halides is 3. The Hall–Kier alpha value is -4.72. The van der Waals surface area contributed by atoms with E-state index in [4.69, 9.17) is 9.47 Å². The van der Waals surface area contributed by atoms with Gasteiger partial charge in [0.15, 0.2) is 0 Å². The van der Waals surface area contributed by atoms with Crippen molar-refractivity contribution >= 4 is 22.7 Å². The summed E-state index contributed by atoms with van der Waals surface area (Å²) in [6, 6.07) is 8.93. The quantitative estimate of drug-likeness (QED) is 0.224. The van der Waals surface area contributed by atoms with Gasteiger partial charge in [0.25, 0.3) is 5.91 Å². The first kappa shape index (κ1) is 30.9. The molecular formula is C33H31F4N5O5. The lowest BCUT2D eigenvalue weighted by molar-refractivity contribution is -0.265. The van der Waals surface area contributed by atoms with Crippen molar-refractivity contribution in [1.82, 2.24) is 25.4 Å². The maximum atomic E-state index is 14.9. The first-order valence-corrected chi connectivity index (χ1v) is 15.2. The molecule has 14 heteroatoms. The average molecular weight is 654 g/mol. The van der Waals surface area contributed by atoms with E-state index in [0.29, 0.717) is 10.9 Å². The number of fused-ring (bicyclic) bond motifs is 2. The van der Waals surface area contributed by atoms with E-state index in [1.807, 2.05) is 0 Å². The van der Waals surface area contributed by atoms with Gasteiger partial charge in [-0.3, -0.25) is 14.3 Å². The molecule has 0 spiro atoms. The number of carbonyl (C=O) groups excluding carboxylic acids is 2. The van der Waals surface area contributed by atoms with Gasteiger partial charge < -0.3 is 25.2 Å². The third-order valence-corrected chi connectivity index (χ3v) is 9.00. The second kappa shape index (κ2) is 10.9. The number of pyridine rings is 1. The van der Waals surface area contributed by atoms with E-state index < -0.39 is 47.1 Å². The van der Waals surface area contributed by atoms with Gasteiger partial charge in [0.1, 0.15) is 40.5 Å². The van der Waals surface area contributed by atoms with E-state index in [9.17, 15) is 32.3 Å². The monoisotopic (exact) mass is 653 g/mol. The highest BCUT2D eigenvalue weighted by molar-refractivity contribution is 6.00. The van der Waals surface area contributed by atoms with Gasteiger partial charge in [0.2, 0.25) is 11.5 Å². The number of hydrogen-bond acceptors (Lipinski definition) is 7. The number of ether oxygens (including phenoxy) is 2. The number of nitrogens with one attached hydrogen (secondary N) is 2. The zero-order valence-electron chi connectivity index (χ0n) is 25.4. The Labute approximate surface area is 266 Å². The van der Waals surface area contributed by atoms with E-state index in [1.54, 1.807) is 10.9 Å². The molecule has 3 N–H and O–H groups in total. The summed E-state index contributed by atoms with van der Waals surface area (Å²) >= 11 is 0. The summed E-state index contributed by atoms with van der Waals surface area (Å²) in [7, 11) is 1.40. The molecule has 2 fully saturated rings. The first-order valence-electron chi connectivity index (χ1n) is 15.2. The molecule has 2 aliphatic carbocycles. The summed E-state index contributed by atoms with van der Waals surface area (Å²) in [6.45, 7) is 0.0403. The molecule has 0 bridgehead atoms. The molecule has 1 unspecified atom stereocenters. The maximum Gasteiger partial charge on any atom is 0.424 e. The Morgan fingerprint density at radius 2 is 1.85 bits per heavy atom. The highest BCUT2D eigenvalue weighted by Crippen LogP contribution is 2.48. The summed E-state index contributed by atoms with van der Waals surface area (Å²) < 4.78 is 71.5. The molecule has 0 saturated heterocycles. The Kier molecular flexibility index (Phi) is 7.19. The molecule has 2 aromatic heterocycles. The van der Waals surface area contributed by atoms with Gasteiger partial charge >= 0.3 is 6.18 Å². The second-order valence-corrected chi connectivity index (χ2v) is 12.6. The smallest absolute Gasteiger partial charge is 0.424 e. The number of hydrogen-bond donors (Lipinski definition) is 3. The van der Waals surface area contributed by atoms with E-state index in [-0.39, 0.29) is 52.6 Å². The Bertz CT molecular complexity index is 1900. The van der Waals surface area contributed by atoms with Crippen LogP contribution in [0.5, 0.6) is 11.5 Å². The van der Waals surface area contributed by atoms with Crippen LogP contribution in [0.25, 0.3) is 22.2 Å². The summed E-state index contributed by atoms with van der Waals surface area (Å²) in [4.78, 5) is 30.9. The lowest BCUT2D eigenvalue weighted by Crippen LogP contribution is -2.52. The lowest BCUT2D eigenvalue weighted by atomic mass is 9.81. The van der Waals surface area contributed by atoms with Gasteiger partial charge in [0.05, 0.1) is 25.4 Å². The van der Waals surface area contributed by atoms with E-state index >= 15 is 0 Å². The van der Waals surface area contributed by atoms with Crippen molar-refractivity contribution in [2.24, 2.45) is 0 Å². The topological polar surface area (TPSA) is 128 Å². The molecule has 3 heterocycles. The normalized spacial score (nSPS) is 20.3. The van der Waals surface area contributed by atoms with Crippen molar-refractivity contribution in [1.29, 1.82) is 0 Å². The summed E-state index contributed by atoms with van der Waals surface area (Å²) in [6.07, 6.45) is -0.0746. The van der Waals surface area contributed by atoms with Crippen molar-refractivity contribution < 1.29 is 41.7 Å². The van der Waals surface area contributed by atoms with Crippen LogP contribution in [-0.2, 0) is 15.8 Å². The fraction of sp³-hybridized carbons (Fsp3) is 0.394. The van der Waals surface area contributed by atoms with Crippen molar-refractivity contribution in [3.8, 4) is 22.8 Å². The van der Waals surface area contributed by atoms with Gasteiger partial charge in [0, 0.05) is 34.3 Å². The zero-order valence-corrected chi connectivity index (χ0v) is 25.4. The molecule has 10 nitrogen and oxygen atoms in total. The van der Waals surface area contributed by atoms with Crippen LogP contribution >= 0.6 is 0 Å². The van der Waals surface area contributed by atoms with Crippen LogP contribution in [0.1, 0.15) is 60.3 Å². The molecule has 2 saturated carbocycles. The van der Waals surface area contributed by atoms with Gasteiger partial charge in [-0.2, -0.15) is 18.3 Å². The minimum atomic E-state index is -5.33. The van der Waals surface area contributed by atoms with Crippen molar-refractivity contribution in [3.05, 3.63) is 71.3 Å². The van der Waals surface area contributed by atoms with Crippen LogP contribution in [-0.4, -0.2) is 64.2 Å². The minimum Gasteiger partial charge on any atom is -0.494 e. The summed E-state index contributed by atoms with van der Waals surface area (Å²) in [5.74, 6) is -1.61. The number of carbonyl (C=O) groups is 2. The number of methoxy groups -OCH3 is 1. The van der Waals surface area contributed by atoms with E-state index in [1.165, 1.54) is 38.3 Å². The van der Waals surface area contributed by atoms with Crippen molar-refractivity contribution in [2.75, 3.05) is 20.3 Å². The molecule has 1 aliphatic heterocycles. The third-order valence-electron chi connectivity index (χ3n) is 9.00. The second-order valence-electron chi connectivity index (χ2n) is 12.6. The molecule has 0 radical (unpaired) electrons. The molecule has 3 aliphatic rings. The fourth-order valence-corrected chi connectivity index (χ4v) is 5.74. The Morgan fingerprint density at radius 3 is 2.49 bits per heavy atom. The first-order chi connectivity index (χ1) is 22.3. The number of nitrogens with zero attached hydrogens (tertiary/aromatic N) is 3. The molecule has 2 amide bonds. The predicted molar refractivity (Wildman–Crippen MR) is 160 cm³/mol. The van der Waals surface area contributed by atoms with Crippen LogP contribution in [0.3, 0.4) is 0 Å². The number of amides is 2. The number of rotatable bonds is 9. The van der Waals surface area contributed by atoms with Gasteiger partial charge in [-0.15, -0.1) is 0 Å². The number of aromatic nitrogens is 3. The van der Waals surface area contributed by atoms with Gasteiger partial charge in [-0.25, -0.2) is 9.37 Å². The number of halogens is 4. The van der Waals surface area contributed by atoms with Crippen LogP contribution in [0, 0.1) is 5.82 Å². The Balaban J connectivity index is 1.27. The minimum absolute atomic E-state index is 0.000794. The highest BCUT2D eigenvalue weighted by Gasteiger charge is 2.58. The standard InChI is InChI=1S/C33H31F4N5O5/c1-31(30(44)39-21-7-8-21)16-47-28-23(31)13-25(40-27(28)17-3-5-20(34)6-4-17)32(45,33(35,36)37)15-38-29(43)18-11-19-14-42(22-9-10-22)41-26(19)24(12-18)46-2/h3-6,11-14,21-22,45H,7-10,15-16H2,1-2H3,(H,38,43)(H,39,44)/t31-,32?/m0/s1. The largest absolute Gasteiger partial charge is 0.494 e. The van der Waals surface area contributed by atoms with Crippen LogP contribution in [0.15, 0.2) is 48.7 Å². The van der Waals surface area contributed by atoms with E-state index in [2.05, 4.69) is 20.7 Å². The molecule has 7 rings (SSSR count).